The second-order valence-corrected chi connectivity index (χ2v) is 8.19. The van der Waals surface area contributed by atoms with Crippen molar-refractivity contribution in [1.29, 1.82) is 0 Å². The predicted molar refractivity (Wildman–Crippen MR) is 105 cm³/mol. The van der Waals surface area contributed by atoms with E-state index in [2.05, 4.69) is 10.5 Å². The van der Waals surface area contributed by atoms with E-state index in [1.54, 1.807) is 37.3 Å². The van der Waals surface area contributed by atoms with Crippen LogP contribution in [0.4, 0.5) is 5.69 Å². The van der Waals surface area contributed by atoms with E-state index in [1.807, 2.05) is 19.1 Å². The van der Waals surface area contributed by atoms with Crippen LogP contribution in [0.3, 0.4) is 0 Å². The molecule has 0 fully saturated rings. The highest BCUT2D eigenvalue weighted by molar-refractivity contribution is 7.92. The minimum absolute atomic E-state index is 0.372. The molecule has 8 heteroatoms. The van der Waals surface area contributed by atoms with Crippen LogP contribution in [-0.4, -0.2) is 33.3 Å². The molecule has 0 bridgehead atoms. The number of nitrogens with zero attached hydrogens (tertiary/aromatic N) is 2. The summed E-state index contributed by atoms with van der Waals surface area (Å²) in [4.78, 5) is 12.2. The van der Waals surface area contributed by atoms with E-state index < -0.39 is 15.9 Å². The molecule has 0 aliphatic heterocycles. The van der Waals surface area contributed by atoms with Gasteiger partial charge in [0.2, 0.25) is 10.0 Å². The lowest BCUT2D eigenvalue weighted by atomic mass is 10.1. The van der Waals surface area contributed by atoms with Gasteiger partial charge >= 0.3 is 0 Å². The highest BCUT2D eigenvalue weighted by Gasteiger charge is 2.22. The molecule has 1 amide bonds. The summed E-state index contributed by atoms with van der Waals surface area (Å²) in [7, 11) is -3.64. The number of hydrogen-bond donors (Lipinski definition) is 1. The second-order valence-electron chi connectivity index (χ2n) is 5.87. The number of rotatable bonds is 6. The molecule has 0 unspecified atom stereocenters. The minimum Gasteiger partial charge on any atom is -0.271 e. The topological polar surface area (TPSA) is 78.8 Å². The molecule has 0 radical (unpaired) electrons. The van der Waals surface area contributed by atoms with E-state index >= 15 is 0 Å². The third kappa shape index (κ3) is 5.31. The van der Waals surface area contributed by atoms with Crippen LogP contribution >= 0.6 is 11.6 Å². The van der Waals surface area contributed by atoms with Gasteiger partial charge in [0.15, 0.2) is 0 Å². The van der Waals surface area contributed by atoms with Crippen molar-refractivity contribution < 1.29 is 13.2 Å². The molecular weight excluding hydrogens is 374 g/mol. The Hall–Kier alpha value is -2.38. The number of aryl methyl sites for hydroxylation is 2. The zero-order chi connectivity index (χ0) is 19.3. The van der Waals surface area contributed by atoms with E-state index in [0.29, 0.717) is 16.3 Å². The number of anilines is 1. The van der Waals surface area contributed by atoms with Crippen LogP contribution in [0.25, 0.3) is 0 Å². The van der Waals surface area contributed by atoms with E-state index in [-0.39, 0.29) is 6.54 Å². The Balaban J connectivity index is 2.15. The molecule has 0 aliphatic rings. The van der Waals surface area contributed by atoms with Crippen LogP contribution in [0.15, 0.2) is 47.6 Å². The largest absolute Gasteiger partial charge is 0.271 e. The van der Waals surface area contributed by atoms with E-state index in [9.17, 15) is 13.2 Å². The maximum atomic E-state index is 12.2. The number of hydrogen-bond acceptors (Lipinski definition) is 4. The van der Waals surface area contributed by atoms with Gasteiger partial charge in [-0.1, -0.05) is 41.9 Å². The van der Waals surface area contributed by atoms with Crippen LogP contribution in [0.1, 0.15) is 16.7 Å². The quantitative estimate of drug-likeness (QED) is 0.605. The van der Waals surface area contributed by atoms with Crippen LogP contribution < -0.4 is 9.73 Å². The molecule has 2 aromatic rings. The first-order valence-corrected chi connectivity index (χ1v) is 10.0. The fourth-order valence-electron chi connectivity index (χ4n) is 2.29. The number of hydrazone groups is 1. The fourth-order valence-corrected chi connectivity index (χ4v) is 3.38. The summed E-state index contributed by atoms with van der Waals surface area (Å²) < 4.78 is 25.4. The number of sulfonamides is 1. The van der Waals surface area contributed by atoms with Gasteiger partial charge in [-0.15, -0.1) is 0 Å². The summed E-state index contributed by atoms with van der Waals surface area (Å²) in [6.07, 6.45) is 2.47. The van der Waals surface area contributed by atoms with Crippen molar-refractivity contribution in [2.75, 3.05) is 17.1 Å². The average molecular weight is 394 g/mol. The Morgan fingerprint density at radius 1 is 1.23 bits per heavy atom. The maximum absolute atomic E-state index is 12.2. The number of carbonyl (C=O) groups excluding carboxylic acids is 1. The van der Waals surface area contributed by atoms with E-state index in [1.165, 1.54) is 6.21 Å². The number of halogens is 1. The Morgan fingerprint density at radius 2 is 1.92 bits per heavy atom. The predicted octanol–water partition coefficient (Wildman–Crippen LogP) is 2.87. The SMILES string of the molecule is Cc1ccc(C)c(N(CC(=O)N/N=C\c2ccccc2Cl)S(C)(=O)=O)c1. The Labute approximate surface area is 158 Å². The molecular formula is C18H20ClN3O3S. The van der Waals surface area contributed by atoms with Gasteiger partial charge in [-0.2, -0.15) is 5.10 Å². The summed E-state index contributed by atoms with van der Waals surface area (Å²) in [6, 6.07) is 12.5. The lowest BCUT2D eigenvalue weighted by Gasteiger charge is -2.23. The molecule has 2 rings (SSSR count). The number of carbonyl (C=O) groups is 1. The Bertz CT molecular complexity index is 942. The van der Waals surface area contributed by atoms with E-state index in [0.717, 1.165) is 21.7 Å². The van der Waals surface area contributed by atoms with Crippen LogP contribution in [0, 0.1) is 13.8 Å². The lowest BCUT2D eigenvalue weighted by Crippen LogP contribution is -2.39. The van der Waals surface area contributed by atoms with Gasteiger partial charge in [-0.05, 0) is 37.1 Å². The summed E-state index contributed by atoms with van der Waals surface area (Å²) in [5.41, 5.74) is 5.10. The normalized spacial score (nSPS) is 11.5. The van der Waals surface area contributed by atoms with Crippen LogP contribution in [0.5, 0.6) is 0 Å². The van der Waals surface area contributed by atoms with Gasteiger partial charge in [0.1, 0.15) is 6.54 Å². The second kappa shape index (κ2) is 8.33. The van der Waals surface area contributed by atoms with Crippen molar-refractivity contribution in [2.24, 2.45) is 5.10 Å². The first kappa shape index (κ1) is 19.9. The zero-order valence-corrected chi connectivity index (χ0v) is 16.3. The summed E-state index contributed by atoms with van der Waals surface area (Å²) >= 11 is 6.00. The van der Waals surface area contributed by atoms with Gasteiger partial charge in [-0.3, -0.25) is 9.10 Å². The zero-order valence-electron chi connectivity index (χ0n) is 14.7. The summed E-state index contributed by atoms with van der Waals surface area (Å²) in [6.45, 7) is 3.28. The molecule has 2 aromatic carbocycles. The van der Waals surface area contributed by atoms with Gasteiger partial charge < -0.3 is 0 Å². The average Bonchev–Trinajstić information content (AvgIpc) is 2.56. The number of amides is 1. The molecule has 0 saturated heterocycles. The van der Waals surface area contributed by atoms with Crippen LogP contribution in [0.2, 0.25) is 5.02 Å². The van der Waals surface area contributed by atoms with Crippen molar-refractivity contribution in [3.8, 4) is 0 Å². The minimum atomic E-state index is -3.64. The Morgan fingerprint density at radius 3 is 2.58 bits per heavy atom. The highest BCUT2D eigenvalue weighted by atomic mass is 35.5. The molecule has 0 aliphatic carbocycles. The summed E-state index contributed by atoms with van der Waals surface area (Å²) in [5.74, 6) is -0.556. The van der Waals surface area contributed by atoms with Crippen molar-refractivity contribution in [2.45, 2.75) is 13.8 Å². The number of nitrogens with one attached hydrogen (secondary N) is 1. The van der Waals surface area contributed by atoms with Crippen molar-refractivity contribution in [3.63, 3.8) is 0 Å². The third-order valence-electron chi connectivity index (χ3n) is 3.62. The van der Waals surface area contributed by atoms with Gasteiger partial charge in [0, 0.05) is 10.6 Å². The molecule has 138 valence electrons. The molecule has 6 nitrogen and oxygen atoms in total. The third-order valence-corrected chi connectivity index (χ3v) is 5.09. The van der Waals surface area contributed by atoms with Gasteiger partial charge in [-0.25, -0.2) is 13.8 Å². The van der Waals surface area contributed by atoms with Crippen molar-refractivity contribution in [1.82, 2.24) is 5.43 Å². The smallest absolute Gasteiger partial charge is 0.260 e. The maximum Gasteiger partial charge on any atom is 0.260 e. The first-order chi connectivity index (χ1) is 12.2. The van der Waals surface area contributed by atoms with Crippen molar-refractivity contribution in [3.05, 3.63) is 64.2 Å². The standard InChI is InChI=1S/C18H20ClN3O3S/c1-13-8-9-14(2)17(10-13)22(26(3,24)25)12-18(23)21-20-11-15-6-4-5-7-16(15)19/h4-11H,12H2,1-3H3,(H,21,23)/b20-11-. The molecule has 0 heterocycles. The lowest BCUT2D eigenvalue weighted by molar-refractivity contribution is -0.119. The first-order valence-electron chi connectivity index (χ1n) is 7.80. The molecule has 26 heavy (non-hydrogen) atoms. The van der Waals surface area contributed by atoms with Gasteiger partial charge in [0.25, 0.3) is 5.91 Å². The van der Waals surface area contributed by atoms with Crippen molar-refractivity contribution >= 4 is 39.4 Å². The van der Waals surface area contributed by atoms with Crippen LogP contribution in [-0.2, 0) is 14.8 Å². The Kier molecular flexibility index (Phi) is 6.39. The number of benzene rings is 2. The molecule has 0 spiro atoms. The van der Waals surface area contributed by atoms with E-state index in [4.69, 9.17) is 11.6 Å². The summed E-state index contributed by atoms with van der Waals surface area (Å²) in [5, 5.41) is 4.34. The molecule has 0 saturated carbocycles. The van der Waals surface area contributed by atoms with Gasteiger partial charge in [0.05, 0.1) is 18.2 Å². The monoisotopic (exact) mass is 393 g/mol. The highest BCUT2D eigenvalue weighted by Crippen LogP contribution is 2.23. The fraction of sp³-hybridized carbons (Fsp3) is 0.222. The molecule has 1 N–H and O–H groups in total. The molecule has 0 atom stereocenters. The molecule has 0 aromatic heterocycles.